The Bertz CT molecular complexity index is 549. The van der Waals surface area contributed by atoms with Gasteiger partial charge < -0.3 is 20.3 Å². The van der Waals surface area contributed by atoms with Gasteiger partial charge in [-0.1, -0.05) is 12.1 Å². The number of carbonyl (C=O) groups excluding carboxylic acids is 1. The molecule has 2 fully saturated rings. The van der Waals surface area contributed by atoms with Crippen LogP contribution < -0.4 is 15.4 Å². The number of carbonyl (C=O) groups is 1. The third kappa shape index (κ3) is 4.65. The molecule has 2 aliphatic rings. The van der Waals surface area contributed by atoms with Crippen molar-refractivity contribution >= 4 is 17.7 Å². The minimum Gasteiger partial charge on any atom is -0.497 e. The Labute approximate surface area is 148 Å². The fraction of sp³-hybridized carbons (Fsp3) is 0.611. The quantitative estimate of drug-likeness (QED) is 0.784. The maximum atomic E-state index is 11.7. The van der Waals surface area contributed by atoms with E-state index in [1.807, 2.05) is 12.1 Å². The van der Waals surface area contributed by atoms with Gasteiger partial charge in [0.25, 0.3) is 0 Å². The standard InChI is InChI=1S/C18H27N3O2S/c1-23-15-5-2-4-14(12-15)16(18-20-17(22)13-24-18)6-3-9-21-10-7-19-8-11-21/h2,4-5,12,16,18-19H,3,6-11,13H2,1H3,(H,20,22). The number of amides is 1. The molecule has 0 spiro atoms. The molecule has 2 unspecified atom stereocenters. The molecule has 6 heteroatoms. The zero-order chi connectivity index (χ0) is 16.8. The van der Waals surface area contributed by atoms with E-state index in [2.05, 4.69) is 27.7 Å². The first-order chi connectivity index (χ1) is 11.8. The fourth-order valence-electron chi connectivity index (χ4n) is 3.46. The lowest BCUT2D eigenvalue weighted by Gasteiger charge is -2.29. The average Bonchev–Trinajstić information content (AvgIpc) is 3.05. The monoisotopic (exact) mass is 349 g/mol. The molecule has 2 N–H and O–H groups in total. The molecule has 3 rings (SSSR count). The van der Waals surface area contributed by atoms with Crippen LogP contribution >= 0.6 is 11.8 Å². The van der Waals surface area contributed by atoms with Crippen LogP contribution in [0.2, 0.25) is 0 Å². The maximum absolute atomic E-state index is 11.7. The van der Waals surface area contributed by atoms with Gasteiger partial charge >= 0.3 is 0 Å². The topological polar surface area (TPSA) is 53.6 Å². The summed E-state index contributed by atoms with van der Waals surface area (Å²) in [6.07, 6.45) is 2.23. The van der Waals surface area contributed by atoms with Gasteiger partial charge in [-0.3, -0.25) is 4.79 Å². The van der Waals surface area contributed by atoms with Crippen molar-refractivity contribution in [1.29, 1.82) is 0 Å². The van der Waals surface area contributed by atoms with Crippen molar-refractivity contribution in [3.8, 4) is 5.75 Å². The zero-order valence-electron chi connectivity index (χ0n) is 14.3. The molecule has 0 saturated carbocycles. The van der Waals surface area contributed by atoms with Crippen LogP contribution in [0.4, 0.5) is 0 Å². The number of hydrogen-bond donors (Lipinski definition) is 2. The first-order valence-corrected chi connectivity index (χ1v) is 9.79. The van der Waals surface area contributed by atoms with Gasteiger partial charge in [0, 0.05) is 32.1 Å². The van der Waals surface area contributed by atoms with Crippen LogP contribution in [0.25, 0.3) is 0 Å². The summed E-state index contributed by atoms with van der Waals surface area (Å²) in [6, 6.07) is 8.28. The van der Waals surface area contributed by atoms with Crippen LogP contribution in [0, 0.1) is 0 Å². The van der Waals surface area contributed by atoms with E-state index in [0.29, 0.717) is 11.7 Å². The Morgan fingerprint density at radius 1 is 1.38 bits per heavy atom. The highest BCUT2D eigenvalue weighted by Crippen LogP contribution is 2.35. The Morgan fingerprint density at radius 2 is 2.21 bits per heavy atom. The predicted octanol–water partition coefficient (Wildman–Crippen LogP) is 1.65. The summed E-state index contributed by atoms with van der Waals surface area (Å²) in [7, 11) is 1.70. The van der Waals surface area contributed by atoms with Crippen molar-refractivity contribution < 1.29 is 9.53 Å². The van der Waals surface area contributed by atoms with Crippen LogP contribution in [-0.4, -0.2) is 61.8 Å². The minimum absolute atomic E-state index is 0.153. The molecular weight excluding hydrogens is 322 g/mol. The number of benzene rings is 1. The summed E-state index contributed by atoms with van der Waals surface area (Å²) in [5.74, 6) is 1.94. The van der Waals surface area contributed by atoms with Crippen molar-refractivity contribution in [2.45, 2.75) is 24.1 Å². The number of nitrogens with zero attached hydrogens (tertiary/aromatic N) is 1. The number of piperazine rings is 1. The van der Waals surface area contributed by atoms with E-state index in [1.165, 1.54) is 5.56 Å². The van der Waals surface area contributed by atoms with Crippen molar-refractivity contribution in [2.24, 2.45) is 0 Å². The summed E-state index contributed by atoms with van der Waals surface area (Å²) in [5, 5.41) is 6.71. The molecule has 0 bridgehead atoms. The molecule has 132 valence electrons. The Kier molecular flexibility index (Phi) is 6.40. The van der Waals surface area contributed by atoms with E-state index in [9.17, 15) is 4.79 Å². The third-order valence-corrected chi connectivity index (χ3v) is 6.02. The smallest absolute Gasteiger partial charge is 0.230 e. The van der Waals surface area contributed by atoms with E-state index < -0.39 is 0 Å². The summed E-state index contributed by atoms with van der Waals surface area (Å²) in [6.45, 7) is 5.59. The van der Waals surface area contributed by atoms with Crippen molar-refractivity contribution in [1.82, 2.24) is 15.5 Å². The second-order valence-electron chi connectivity index (χ2n) is 6.42. The number of methoxy groups -OCH3 is 1. The minimum atomic E-state index is 0.153. The van der Waals surface area contributed by atoms with E-state index in [4.69, 9.17) is 4.74 Å². The molecule has 1 aromatic carbocycles. The largest absolute Gasteiger partial charge is 0.497 e. The first-order valence-electron chi connectivity index (χ1n) is 8.74. The van der Waals surface area contributed by atoms with E-state index in [0.717, 1.165) is 51.3 Å². The molecule has 5 nitrogen and oxygen atoms in total. The normalized spacial score (nSPS) is 23.0. The number of thioether (sulfide) groups is 1. The molecule has 2 saturated heterocycles. The Morgan fingerprint density at radius 3 is 2.92 bits per heavy atom. The lowest BCUT2D eigenvalue weighted by atomic mass is 9.93. The Balaban J connectivity index is 1.63. The summed E-state index contributed by atoms with van der Waals surface area (Å²) in [5.41, 5.74) is 1.26. The van der Waals surface area contributed by atoms with E-state index >= 15 is 0 Å². The highest BCUT2D eigenvalue weighted by Gasteiger charge is 2.30. The SMILES string of the molecule is COc1cccc(C(CCCN2CCNCC2)C2NC(=O)CS2)c1. The molecular formula is C18H27N3O2S. The maximum Gasteiger partial charge on any atom is 0.230 e. The lowest BCUT2D eigenvalue weighted by Crippen LogP contribution is -2.43. The van der Waals surface area contributed by atoms with Gasteiger partial charge in [0.1, 0.15) is 5.75 Å². The third-order valence-electron chi connectivity index (χ3n) is 4.78. The molecule has 1 aromatic rings. The number of ether oxygens (including phenoxy) is 1. The second-order valence-corrected chi connectivity index (χ2v) is 7.55. The van der Waals surface area contributed by atoms with Crippen LogP contribution in [0.1, 0.15) is 24.3 Å². The summed E-state index contributed by atoms with van der Waals surface area (Å²) in [4.78, 5) is 14.2. The lowest BCUT2D eigenvalue weighted by molar-refractivity contribution is -0.118. The number of nitrogens with one attached hydrogen (secondary N) is 2. The van der Waals surface area contributed by atoms with Gasteiger partial charge in [-0.25, -0.2) is 0 Å². The number of rotatable bonds is 7. The molecule has 2 aliphatic heterocycles. The van der Waals surface area contributed by atoms with Crippen molar-refractivity contribution in [3.63, 3.8) is 0 Å². The molecule has 1 amide bonds. The van der Waals surface area contributed by atoms with Crippen molar-refractivity contribution in [2.75, 3.05) is 45.6 Å². The van der Waals surface area contributed by atoms with Crippen LogP contribution in [0.15, 0.2) is 24.3 Å². The Hall–Kier alpha value is -1.24. The van der Waals surface area contributed by atoms with Gasteiger partial charge in [0.05, 0.1) is 18.2 Å². The van der Waals surface area contributed by atoms with E-state index in [1.54, 1.807) is 18.9 Å². The van der Waals surface area contributed by atoms with Gasteiger partial charge in [0.2, 0.25) is 5.91 Å². The van der Waals surface area contributed by atoms with Gasteiger partial charge in [0.15, 0.2) is 0 Å². The summed E-state index contributed by atoms with van der Waals surface area (Å²) >= 11 is 1.73. The van der Waals surface area contributed by atoms with Gasteiger partial charge in [-0.15, -0.1) is 11.8 Å². The molecule has 0 aliphatic carbocycles. The van der Waals surface area contributed by atoms with Crippen LogP contribution in [0.3, 0.4) is 0 Å². The van der Waals surface area contributed by atoms with Crippen LogP contribution in [0.5, 0.6) is 5.75 Å². The average molecular weight is 350 g/mol. The highest BCUT2D eigenvalue weighted by atomic mass is 32.2. The molecule has 0 radical (unpaired) electrons. The summed E-state index contributed by atoms with van der Waals surface area (Å²) < 4.78 is 5.38. The van der Waals surface area contributed by atoms with Gasteiger partial charge in [-0.2, -0.15) is 0 Å². The molecule has 2 heterocycles. The number of hydrogen-bond acceptors (Lipinski definition) is 5. The second kappa shape index (κ2) is 8.74. The van der Waals surface area contributed by atoms with E-state index in [-0.39, 0.29) is 11.3 Å². The molecule has 24 heavy (non-hydrogen) atoms. The molecule has 0 aromatic heterocycles. The molecule has 2 atom stereocenters. The predicted molar refractivity (Wildman–Crippen MR) is 98.7 cm³/mol. The highest BCUT2D eigenvalue weighted by molar-refractivity contribution is 8.01. The first kappa shape index (κ1) is 17.6. The van der Waals surface area contributed by atoms with Crippen molar-refractivity contribution in [3.05, 3.63) is 29.8 Å². The van der Waals surface area contributed by atoms with Crippen LogP contribution in [-0.2, 0) is 4.79 Å². The fourth-order valence-corrected chi connectivity index (χ4v) is 4.61. The zero-order valence-corrected chi connectivity index (χ0v) is 15.1. The van der Waals surface area contributed by atoms with Gasteiger partial charge in [-0.05, 0) is 37.1 Å².